The number of fused-ring (bicyclic) bond motifs is 1. The summed E-state index contributed by atoms with van der Waals surface area (Å²) in [6.45, 7) is 1.54. The first-order valence-corrected chi connectivity index (χ1v) is 4.21. The van der Waals surface area contributed by atoms with Crippen molar-refractivity contribution >= 4 is 16.7 Å². The van der Waals surface area contributed by atoms with Crippen molar-refractivity contribution in [1.82, 2.24) is 9.97 Å². The number of rotatable bonds is 1. The van der Waals surface area contributed by atoms with E-state index in [9.17, 15) is 9.18 Å². The Labute approximate surface area is 84.4 Å². The fourth-order valence-electron chi connectivity index (χ4n) is 1.35. The van der Waals surface area contributed by atoms with Gasteiger partial charge in [-0.15, -0.1) is 0 Å². The maximum absolute atomic E-state index is 13.5. The molecule has 1 N–H and O–H groups in total. The summed E-state index contributed by atoms with van der Waals surface area (Å²) in [5.41, 5.74) is 0.757. The Balaban J connectivity index is 2.72. The minimum Gasteiger partial charge on any atom is -0.350 e. The van der Waals surface area contributed by atoms with E-state index < -0.39 is 11.6 Å². The Morgan fingerprint density at radius 1 is 1.67 bits per heavy atom. The molecule has 0 aliphatic carbocycles. The highest BCUT2D eigenvalue weighted by molar-refractivity contribution is 6.08. The van der Waals surface area contributed by atoms with Gasteiger partial charge in [0.05, 0.1) is 23.1 Å². The lowest BCUT2D eigenvalue weighted by molar-refractivity contribution is 0.105. The van der Waals surface area contributed by atoms with Crippen LogP contribution in [0.3, 0.4) is 0 Å². The van der Waals surface area contributed by atoms with Crippen LogP contribution in [-0.2, 0) is 0 Å². The first kappa shape index (κ1) is 9.34. The summed E-state index contributed by atoms with van der Waals surface area (Å²) in [6, 6.07) is 2.79. The van der Waals surface area contributed by atoms with Crippen molar-refractivity contribution in [1.29, 1.82) is 5.26 Å². The van der Waals surface area contributed by atoms with Gasteiger partial charge in [0.2, 0.25) is 0 Å². The molecule has 0 unspecified atom stereocenters. The van der Waals surface area contributed by atoms with Crippen LogP contribution in [0, 0.1) is 24.1 Å². The number of aromatic nitrogens is 2. The Kier molecular flexibility index (Phi) is 1.97. The summed E-state index contributed by atoms with van der Waals surface area (Å²) in [7, 11) is 0. The second-order valence-corrected chi connectivity index (χ2v) is 3.11. The fraction of sp³-hybridized carbons (Fsp3) is 0.100. The molecule has 0 radical (unpaired) electrons. The van der Waals surface area contributed by atoms with Crippen molar-refractivity contribution in [2.45, 2.75) is 6.92 Å². The lowest BCUT2D eigenvalue weighted by Crippen LogP contribution is -1.93. The Morgan fingerprint density at radius 3 is 3.07 bits per heavy atom. The van der Waals surface area contributed by atoms with E-state index >= 15 is 0 Å². The van der Waals surface area contributed by atoms with Crippen molar-refractivity contribution in [2.75, 3.05) is 0 Å². The molecular weight excluding hydrogens is 197 g/mol. The highest BCUT2D eigenvalue weighted by Crippen LogP contribution is 2.19. The normalized spacial score (nSPS) is 10.2. The van der Waals surface area contributed by atoms with Crippen LogP contribution in [-0.4, -0.2) is 15.8 Å². The van der Waals surface area contributed by atoms with Crippen molar-refractivity contribution in [3.63, 3.8) is 0 Å². The minimum atomic E-state index is -0.719. The molecule has 0 spiro atoms. The molecule has 2 heterocycles. The van der Waals surface area contributed by atoms with E-state index in [4.69, 9.17) is 5.26 Å². The summed E-state index contributed by atoms with van der Waals surface area (Å²) in [5.74, 6) is -1.19. The number of carbonyl (C=O) groups is 1. The maximum atomic E-state index is 13.5. The standard InChI is InChI=1S/C10H6FN3O/c1-5-10(11)6-2-7(9(15)3-12)14-8(6)4-13-5/h2,4,14H,1H3. The van der Waals surface area contributed by atoms with Gasteiger partial charge in [-0.05, 0) is 13.0 Å². The quantitative estimate of drug-likeness (QED) is 0.566. The number of Topliss-reactive ketones (excluding diaryl/α,β-unsaturated/α-hetero) is 1. The second-order valence-electron chi connectivity index (χ2n) is 3.11. The van der Waals surface area contributed by atoms with Crippen LogP contribution in [0.2, 0.25) is 0 Å². The largest absolute Gasteiger partial charge is 0.350 e. The summed E-state index contributed by atoms with van der Waals surface area (Å²) in [5, 5.41) is 8.69. The van der Waals surface area contributed by atoms with Gasteiger partial charge in [-0.2, -0.15) is 5.26 Å². The molecule has 15 heavy (non-hydrogen) atoms. The van der Waals surface area contributed by atoms with Crippen LogP contribution in [0.1, 0.15) is 16.2 Å². The van der Waals surface area contributed by atoms with Crippen molar-refractivity contribution in [3.8, 4) is 6.07 Å². The molecule has 0 fully saturated rings. The molecule has 2 aromatic heterocycles. The van der Waals surface area contributed by atoms with Gasteiger partial charge in [0.1, 0.15) is 6.07 Å². The molecule has 0 aliphatic rings. The number of halogens is 1. The molecule has 4 nitrogen and oxygen atoms in total. The first-order chi connectivity index (χ1) is 7.13. The lowest BCUT2D eigenvalue weighted by Gasteiger charge is -1.94. The highest BCUT2D eigenvalue weighted by atomic mass is 19.1. The second kappa shape index (κ2) is 3.17. The number of nitrogens with zero attached hydrogens (tertiary/aromatic N) is 2. The van der Waals surface area contributed by atoms with E-state index in [2.05, 4.69) is 9.97 Å². The van der Waals surface area contributed by atoms with Gasteiger partial charge in [-0.3, -0.25) is 9.78 Å². The number of pyridine rings is 1. The molecule has 0 aliphatic heterocycles. The molecule has 0 saturated heterocycles. The van der Waals surface area contributed by atoms with E-state index in [0.717, 1.165) is 0 Å². The zero-order valence-electron chi connectivity index (χ0n) is 7.84. The number of hydrogen-bond acceptors (Lipinski definition) is 3. The Morgan fingerprint density at radius 2 is 2.40 bits per heavy atom. The summed E-state index contributed by atoms with van der Waals surface area (Å²) < 4.78 is 13.5. The van der Waals surface area contributed by atoms with Gasteiger partial charge in [0.15, 0.2) is 5.82 Å². The number of aryl methyl sites for hydroxylation is 1. The van der Waals surface area contributed by atoms with Crippen molar-refractivity contribution in [2.24, 2.45) is 0 Å². The third kappa shape index (κ3) is 1.36. The number of aromatic amines is 1. The number of carbonyl (C=O) groups excluding carboxylic acids is 1. The zero-order chi connectivity index (χ0) is 11.0. The molecule has 5 heteroatoms. The van der Waals surface area contributed by atoms with Crippen molar-refractivity contribution in [3.05, 3.63) is 29.5 Å². The monoisotopic (exact) mass is 203 g/mol. The summed E-state index contributed by atoms with van der Waals surface area (Å²) in [4.78, 5) is 17.5. The first-order valence-electron chi connectivity index (χ1n) is 4.21. The van der Waals surface area contributed by atoms with Crippen LogP contribution in [0.5, 0.6) is 0 Å². The molecule has 74 valence electrons. The topological polar surface area (TPSA) is 69.5 Å². The predicted molar refractivity (Wildman–Crippen MR) is 50.7 cm³/mol. The maximum Gasteiger partial charge on any atom is 0.278 e. The van der Waals surface area contributed by atoms with Gasteiger partial charge in [0.25, 0.3) is 5.78 Å². The third-order valence-corrected chi connectivity index (χ3v) is 2.14. The van der Waals surface area contributed by atoms with E-state index in [-0.39, 0.29) is 16.8 Å². The van der Waals surface area contributed by atoms with E-state index in [1.54, 1.807) is 0 Å². The van der Waals surface area contributed by atoms with Gasteiger partial charge < -0.3 is 4.98 Å². The Hall–Kier alpha value is -2.22. The molecule has 0 amide bonds. The predicted octanol–water partition coefficient (Wildman–Crippen LogP) is 1.72. The van der Waals surface area contributed by atoms with Crippen LogP contribution < -0.4 is 0 Å². The minimum absolute atomic E-state index is 0.0822. The zero-order valence-corrected chi connectivity index (χ0v) is 7.84. The van der Waals surface area contributed by atoms with E-state index in [1.165, 1.54) is 25.3 Å². The molecule has 2 rings (SSSR count). The number of nitrogens with one attached hydrogen (secondary N) is 1. The molecule has 0 atom stereocenters. The molecule has 0 bridgehead atoms. The van der Waals surface area contributed by atoms with Gasteiger partial charge in [-0.25, -0.2) is 4.39 Å². The fourth-order valence-corrected chi connectivity index (χ4v) is 1.35. The molecular formula is C10H6FN3O. The van der Waals surface area contributed by atoms with Crippen LogP contribution in [0.4, 0.5) is 4.39 Å². The van der Waals surface area contributed by atoms with Gasteiger partial charge in [0, 0.05) is 5.39 Å². The summed E-state index contributed by atoms with van der Waals surface area (Å²) in [6.07, 6.45) is 1.43. The van der Waals surface area contributed by atoms with Crippen LogP contribution in [0.25, 0.3) is 10.9 Å². The number of ketones is 1. The SMILES string of the molecule is Cc1ncc2[nH]c(C(=O)C#N)cc2c1F. The highest BCUT2D eigenvalue weighted by Gasteiger charge is 2.12. The third-order valence-electron chi connectivity index (χ3n) is 2.14. The van der Waals surface area contributed by atoms with Crippen LogP contribution in [0.15, 0.2) is 12.3 Å². The Bertz CT molecular complexity index is 594. The van der Waals surface area contributed by atoms with E-state index in [1.807, 2.05) is 0 Å². The van der Waals surface area contributed by atoms with Crippen molar-refractivity contribution < 1.29 is 9.18 Å². The molecule has 2 aromatic rings. The summed E-state index contributed by atoms with van der Waals surface area (Å²) >= 11 is 0. The number of H-pyrrole nitrogens is 1. The number of nitriles is 1. The molecule has 0 saturated carbocycles. The van der Waals surface area contributed by atoms with E-state index in [0.29, 0.717) is 5.52 Å². The molecule has 0 aromatic carbocycles. The number of hydrogen-bond donors (Lipinski definition) is 1. The lowest BCUT2D eigenvalue weighted by atomic mass is 10.2. The van der Waals surface area contributed by atoms with Gasteiger partial charge in [-0.1, -0.05) is 0 Å². The average Bonchev–Trinajstić information content (AvgIpc) is 2.67. The van der Waals surface area contributed by atoms with Gasteiger partial charge >= 0.3 is 0 Å². The smallest absolute Gasteiger partial charge is 0.278 e. The van der Waals surface area contributed by atoms with Crippen LogP contribution >= 0.6 is 0 Å². The average molecular weight is 203 g/mol.